The third kappa shape index (κ3) is 2.05. The van der Waals surface area contributed by atoms with E-state index in [0.717, 1.165) is 12.0 Å². The number of sulfone groups is 1. The van der Waals surface area contributed by atoms with Gasteiger partial charge in [-0.1, -0.05) is 12.1 Å². The van der Waals surface area contributed by atoms with Gasteiger partial charge in [-0.05, 0) is 31.0 Å². The molecular weight excluding hydrogens is 226 g/mol. The summed E-state index contributed by atoms with van der Waals surface area (Å²) in [5, 5.41) is 0. The average molecular weight is 241 g/mol. The number of nitrogens with two attached hydrogens (primary N) is 1. The summed E-state index contributed by atoms with van der Waals surface area (Å²) in [5.74, 6) is 0.669. The maximum absolute atomic E-state index is 11.8. The van der Waals surface area contributed by atoms with Crippen molar-refractivity contribution in [2.45, 2.75) is 17.7 Å². The number of aryl methyl sites for hydroxylation is 1. The highest BCUT2D eigenvalue weighted by molar-refractivity contribution is 7.91. The van der Waals surface area contributed by atoms with E-state index in [-0.39, 0.29) is 5.75 Å². The van der Waals surface area contributed by atoms with Gasteiger partial charge < -0.3 is 10.5 Å². The zero-order valence-electron chi connectivity index (χ0n) is 8.98. The molecule has 0 saturated carbocycles. The highest BCUT2D eigenvalue weighted by Gasteiger charge is 2.29. The van der Waals surface area contributed by atoms with E-state index in [9.17, 15) is 8.42 Å². The van der Waals surface area contributed by atoms with Crippen molar-refractivity contribution in [3.05, 3.63) is 23.8 Å². The van der Waals surface area contributed by atoms with E-state index >= 15 is 0 Å². The molecule has 0 saturated heterocycles. The Morgan fingerprint density at radius 2 is 2.19 bits per heavy atom. The van der Waals surface area contributed by atoms with Crippen LogP contribution in [-0.2, 0) is 16.3 Å². The van der Waals surface area contributed by atoms with Crippen molar-refractivity contribution in [3.8, 4) is 5.75 Å². The Labute approximate surface area is 95.3 Å². The third-order valence-electron chi connectivity index (χ3n) is 2.62. The molecule has 0 fully saturated rings. The van der Waals surface area contributed by atoms with Crippen LogP contribution in [0.1, 0.15) is 12.0 Å². The second-order valence-corrected chi connectivity index (χ2v) is 5.85. The molecule has 0 bridgehead atoms. The molecule has 1 aromatic rings. The molecule has 0 aliphatic carbocycles. The van der Waals surface area contributed by atoms with Crippen LogP contribution in [0.2, 0.25) is 0 Å². The van der Waals surface area contributed by atoms with Crippen LogP contribution in [0.25, 0.3) is 0 Å². The molecule has 0 aromatic heterocycles. The molecule has 0 spiro atoms. The van der Waals surface area contributed by atoms with E-state index in [1.807, 2.05) is 12.1 Å². The van der Waals surface area contributed by atoms with E-state index in [4.69, 9.17) is 10.5 Å². The largest absolute Gasteiger partial charge is 0.492 e. The van der Waals surface area contributed by atoms with Crippen LogP contribution < -0.4 is 10.5 Å². The molecule has 5 heteroatoms. The zero-order chi connectivity index (χ0) is 11.6. The Morgan fingerprint density at radius 1 is 1.38 bits per heavy atom. The number of hydrogen-bond acceptors (Lipinski definition) is 4. The summed E-state index contributed by atoms with van der Waals surface area (Å²) < 4.78 is 29.1. The summed E-state index contributed by atoms with van der Waals surface area (Å²) in [6, 6.07) is 5.38. The van der Waals surface area contributed by atoms with Gasteiger partial charge in [0, 0.05) is 0 Å². The van der Waals surface area contributed by atoms with Gasteiger partial charge in [0.05, 0.1) is 12.4 Å². The van der Waals surface area contributed by atoms with Crippen LogP contribution in [-0.4, -0.2) is 27.3 Å². The molecule has 2 N–H and O–H groups in total. The summed E-state index contributed by atoms with van der Waals surface area (Å²) in [6.07, 6.45) is 1.31. The van der Waals surface area contributed by atoms with Gasteiger partial charge >= 0.3 is 0 Å². The molecule has 1 aliphatic rings. The summed E-state index contributed by atoms with van der Waals surface area (Å²) >= 11 is 0. The fourth-order valence-corrected chi connectivity index (χ4v) is 3.53. The standard InChI is InChI=1S/C11H15NO3S/c12-6-2-7-15-10-4-1-3-9-5-8-16(13,14)11(9)10/h1,3-4H,2,5-8,12H2. The van der Waals surface area contributed by atoms with Crippen molar-refractivity contribution in [3.63, 3.8) is 0 Å². The van der Waals surface area contributed by atoms with Gasteiger partial charge in [0.25, 0.3) is 0 Å². The lowest BCUT2D eigenvalue weighted by Crippen LogP contribution is -2.08. The van der Waals surface area contributed by atoms with Gasteiger partial charge in [0.15, 0.2) is 9.84 Å². The molecule has 0 unspecified atom stereocenters. The second-order valence-electron chi connectivity index (χ2n) is 3.80. The van der Waals surface area contributed by atoms with Crippen LogP contribution >= 0.6 is 0 Å². The molecule has 1 aromatic carbocycles. The average Bonchev–Trinajstić information content (AvgIpc) is 2.56. The quantitative estimate of drug-likeness (QED) is 0.789. The summed E-state index contributed by atoms with van der Waals surface area (Å²) in [6.45, 7) is 1.00. The molecule has 0 amide bonds. The highest BCUT2D eigenvalue weighted by atomic mass is 32.2. The van der Waals surface area contributed by atoms with Gasteiger partial charge in [-0.25, -0.2) is 8.42 Å². The molecule has 88 valence electrons. The minimum absolute atomic E-state index is 0.194. The molecule has 0 atom stereocenters. The molecule has 1 aliphatic heterocycles. The van der Waals surface area contributed by atoms with E-state index in [1.165, 1.54) is 0 Å². The van der Waals surface area contributed by atoms with Crippen LogP contribution in [0, 0.1) is 0 Å². The molecule has 4 nitrogen and oxygen atoms in total. The second kappa shape index (κ2) is 4.43. The van der Waals surface area contributed by atoms with Crippen LogP contribution in [0.5, 0.6) is 5.75 Å². The summed E-state index contributed by atoms with van der Waals surface area (Å²) in [5.41, 5.74) is 6.23. The van der Waals surface area contributed by atoms with Gasteiger partial charge in [-0.15, -0.1) is 0 Å². The normalized spacial score (nSPS) is 17.1. The highest BCUT2D eigenvalue weighted by Crippen LogP contribution is 2.34. The fraction of sp³-hybridized carbons (Fsp3) is 0.455. The minimum atomic E-state index is -3.13. The van der Waals surface area contributed by atoms with Gasteiger partial charge in [-0.2, -0.15) is 0 Å². The Hall–Kier alpha value is -1.07. The first-order chi connectivity index (χ1) is 7.65. The Balaban J connectivity index is 2.30. The SMILES string of the molecule is NCCCOc1cccc2c1S(=O)(=O)CC2. The first-order valence-corrected chi connectivity index (χ1v) is 6.98. The third-order valence-corrected chi connectivity index (χ3v) is 4.44. The number of rotatable bonds is 4. The predicted octanol–water partition coefficient (Wildman–Crippen LogP) is 0.744. The predicted molar refractivity (Wildman–Crippen MR) is 61.4 cm³/mol. The number of fused-ring (bicyclic) bond motifs is 1. The van der Waals surface area contributed by atoms with E-state index in [2.05, 4.69) is 0 Å². The first-order valence-electron chi connectivity index (χ1n) is 5.32. The van der Waals surface area contributed by atoms with Crippen molar-refractivity contribution < 1.29 is 13.2 Å². The summed E-state index contributed by atoms with van der Waals surface area (Å²) in [7, 11) is -3.13. The van der Waals surface area contributed by atoms with Crippen molar-refractivity contribution in [1.82, 2.24) is 0 Å². The van der Waals surface area contributed by atoms with E-state index in [1.54, 1.807) is 6.07 Å². The molecule has 1 heterocycles. The van der Waals surface area contributed by atoms with Crippen molar-refractivity contribution >= 4 is 9.84 Å². The van der Waals surface area contributed by atoms with Gasteiger partial charge in [0.2, 0.25) is 0 Å². The first kappa shape index (κ1) is 11.4. The van der Waals surface area contributed by atoms with Crippen LogP contribution in [0.4, 0.5) is 0 Å². The summed E-state index contributed by atoms with van der Waals surface area (Å²) in [4.78, 5) is 0.382. The molecule has 0 radical (unpaired) electrons. The minimum Gasteiger partial charge on any atom is -0.492 e. The Bertz CT molecular complexity index is 482. The fourth-order valence-electron chi connectivity index (χ4n) is 1.84. The lowest BCUT2D eigenvalue weighted by Gasteiger charge is -2.09. The van der Waals surface area contributed by atoms with Crippen molar-refractivity contribution in [1.29, 1.82) is 0 Å². The Kier molecular flexibility index (Phi) is 3.16. The monoisotopic (exact) mass is 241 g/mol. The van der Waals surface area contributed by atoms with Gasteiger partial charge in [-0.3, -0.25) is 0 Å². The zero-order valence-corrected chi connectivity index (χ0v) is 9.79. The lowest BCUT2D eigenvalue weighted by molar-refractivity contribution is 0.305. The van der Waals surface area contributed by atoms with Crippen LogP contribution in [0.3, 0.4) is 0 Å². The topological polar surface area (TPSA) is 69.4 Å². The number of benzene rings is 1. The molecule has 16 heavy (non-hydrogen) atoms. The van der Waals surface area contributed by atoms with Crippen molar-refractivity contribution in [2.75, 3.05) is 18.9 Å². The molecular formula is C11H15NO3S. The van der Waals surface area contributed by atoms with Crippen LogP contribution in [0.15, 0.2) is 23.1 Å². The van der Waals surface area contributed by atoms with E-state index < -0.39 is 9.84 Å². The molecule has 2 rings (SSSR count). The van der Waals surface area contributed by atoms with Gasteiger partial charge in [0.1, 0.15) is 10.6 Å². The maximum Gasteiger partial charge on any atom is 0.182 e. The van der Waals surface area contributed by atoms with Crippen molar-refractivity contribution in [2.24, 2.45) is 5.73 Å². The smallest absolute Gasteiger partial charge is 0.182 e. The Morgan fingerprint density at radius 3 is 2.94 bits per heavy atom. The number of hydrogen-bond donors (Lipinski definition) is 1. The number of ether oxygens (including phenoxy) is 1. The lowest BCUT2D eigenvalue weighted by atomic mass is 10.2. The maximum atomic E-state index is 11.8. The van der Waals surface area contributed by atoms with E-state index in [0.29, 0.717) is 30.2 Å².